The van der Waals surface area contributed by atoms with Crippen molar-refractivity contribution in [2.24, 2.45) is 5.14 Å². The van der Waals surface area contributed by atoms with Crippen LogP contribution >= 0.6 is 11.8 Å². The fourth-order valence-electron chi connectivity index (χ4n) is 2.07. The van der Waals surface area contributed by atoms with Crippen LogP contribution in [0.4, 0.5) is 5.69 Å². The Balaban J connectivity index is 2.59. The zero-order chi connectivity index (χ0) is 18.4. The summed E-state index contributed by atoms with van der Waals surface area (Å²) in [5.41, 5.74) is 0.205. The number of carboxylic acids is 1. The fourth-order valence-corrected chi connectivity index (χ4v) is 4.13. The number of primary sulfonamides is 1. The van der Waals surface area contributed by atoms with Crippen LogP contribution < -0.4 is 10.5 Å². The van der Waals surface area contributed by atoms with Gasteiger partial charge in [0, 0.05) is 18.6 Å². The third kappa shape index (κ3) is 5.20. The minimum absolute atomic E-state index is 0.165. The van der Waals surface area contributed by atoms with Crippen molar-refractivity contribution in [3.63, 3.8) is 0 Å². The maximum atomic E-state index is 12.0. The molecule has 4 N–H and O–H groups in total. The SMILES string of the molecule is COCCNc1cc(C(=O)O)cc(S(N)(=O)=O)c1Sc1ccccc1. The number of carbonyl (C=O) groups is 1. The molecule has 0 atom stereocenters. The summed E-state index contributed by atoms with van der Waals surface area (Å²) >= 11 is 1.19. The molecule has 0 unspecified atom stereocenters. The highest BCUT2D eigenvalue weighted by Gasteiger charge is 2.22. The van der Waals surface area contributed by atoms with Gasteiger partial charge in [-0.3, -0.25) is 0 Å². The summed E-state index contributed by atoms with van der Waals surface area (Å²) in [6.45, 7) is 0.753. The predicted octanol–water partition coefficient (Wildman–Crippen LogP) is 2.24. The van der Waals surface area contributed by atoms with Crippen LogP contribution in [-0.4, -0.2) is 39.8 Å². The molecule has 0 aliphatic carbocycles. The van der Waals surface area contributed by atoms with Crippen molar-refractivity contribution >= 4 is 33.4 Å². The molecule has 2 aromatic carbocycles. The van der Waals surface area contributed by atoms with E-state index in [1.165, 1.54) is 24.9 Å². The Bertz CT molecular complexity index is 854. The summed E-state index contributed by atoms with van der Waals surface area (Å²) in [5, 5.41) is 17.6. The Labute approximate surface area is 150 Å². The third-order valence-electron chi connectivity index (χ3n) is 3.19. The smallest absolute Gasteiger partial charge is 0.335 e. The van der Waals surface area contributed by atoms with Crippen LogP contribution in [0.1, 0.15) is 10.4 Å². The number of hydrogen-bond acceptors (Lipinski definition) is 6. The quantitative estimate of drug-likeness (QED) is 0.599. The number of nitrogens with one attached hydrogen (secondary N) is 1. The maximum absolute atomic E-state index is 12.0. The van der Waals surface area contributed by atoms with Crippen molar-refractivity contribution in [2.75, 3.05) is 25.6 Å². The highest BCUT2D eigenvalue weighted by Crippen LogP contribution is 2.39. The van der Waals surface area contributed by atoms with Gasteiger partial charge in [-0.2, -0.15) is 0 Å². The molecular formula is C16H18N2O5S2. The van der Waals surface area contributed by atoms with E-state index in [0.717, 1.165) is 11.0 Å². The van der Waals surface area contributed by atoms with Crippen LogP contribution in [0.2, 0.25) is 0 Å². The molecule has 0 spiro atoms. The molecular weight excluding hydrogens is 364 g/mol. The monoisotopic (exact) mass is 382 g/mol. The van der Waals surface area contributed by atoms with Gasteiger partial charge in [0.05, 0.1) is 27.6 Å². The molecule has 0 bridgehead atoms. The number of carboxylic acid groups (broad SMARTS) is 1. The maximum Gasteiger partial charge on any atom is 0.335 e. The van der Waals surface area contributed by atoms with Crippen molar-refractivity contribution in [2.45, 2.75) is 14.7 Å². The molecule has 0 saturated carbocycles. The van der Waals surface area contributed by atoms with Crippen molar-refractivity contribution in [1.82, 2.24) is 0 Å². The number of methoxy groups -OCH3 is 1. The Kier molecular flexibility index (Phi) is 6.43. The van der Waals surface area contributed by atoms with E-state index in [1.807, 2.05) is 30.3 Å². The van der Waals surface area contributed by atoms with Gasteiger partial charge in [-0.15, -0.1) is 0 Å². The molecule has 2 aromatic rings. The summed E-state index contributed by atoms with van der Waals surface area (Å²) in [7, 11) is -2.59. The lowest BCUT2D eigenvalue weighted by Gasteiger charge is -2.16. The van der Waals surface area contributed by atoms with Gasteiger partial charge in [0.15, 0.2) is 0 Å². The number of benzene rings is 2. The van der Waals surface area contributed by atoms with E-state index < -0.39 is 16.0 Å². The van der Waals surface area contributed by atoms with E-state index in [4.69, 9.17) is 9.88 Å². The number of sulfonamides is 1. The van der Waals surface area contributed by atoms with E-state index in [1.54, 1.807) is 0 Å². The minimum atomic E-state index is -4.12. The predicted molar refractivity (Wildman–Crippen MR) is 95.7 cm³/mol. The lowest BCUT2D eigenvalue weighted by atomic mass is 10.2. The first-order valence-electron chi connectivity index (χ1n) is 7.22. The third-order valence-corrected chi connectivity index (χ3v) is 5.41. The number of rotatable bonds is 8. The van der Waals surface area contributed by atoms with E-state index in [-0.39, 0.29) is 10.5 Å². The first-order valence-corrected chi connectivity index (χ1v) is 9.59. The van der Waals surface area contributed by atoms with Crippen LogP contribution in [0.5, 0.6) is 0 Å². The van der Waals surface area contributed by atoms with Crippen molar-refractivity contribution in [1.29, 1.82) is 0 Å². The Morgan fingerprint density at radius 1 is 1.28 bits per heavy atom. The van der Waals surface area contributed by atoms with Crippen molar-refractivity contribution in [3.05, 3.63) is 48.0 Å². The number of hydrogen-bond donors (Lipinski definition) is 3. The lowest BCUT2D eigenvalue weighted by Crippen LogP contribution is -2.17. The Morgan fingerprint density at radius 3 is 2.52 bits per heavy atom. The largest absolute Gasteiger partial charge is 0.478 e. The van der Waals surface area contributed by atoms with Crippen molar-refractivity contribution < 1.29 is 23.1 Å². The zero-order valence-electron chi connectivity index (χ0n) is 13.4. The molecule has 0 heterocycles. The van der Waals surface area contributed by atoms with Gasteiger partial charge in [0.25, 0.3) is 0 Å². The fraction of sp³-hybridized carbons (Fsp3) is 0.188. The molecule has 0 radical (unpaired) electrons. The molecule has 2 rings (SSSR count). The summed E-state index contributed by atoms with van der Waals surface area (Å²) in [6.07, 6.45) is 0. The summed E-state index contributed by atoms with van der Waals surface area (Å²) in [4.78, 5) is 12.2. The Morgan fingerprint density at radius 2 is 1.96 bits per heavy atom. The molecule has 0 aliphatic rings. The van der Waals surface area contributed by atoms with E-state index in [0.29, 0.717) is 23.7 Å². The molecule has 0 aromatic heterocycles. The summed E-state index contributed by atoms with van der Waals surface area (Å²) in [6, 6.07) is 11.6. The van der Waals surface area contributed by atoms with Crippen LogP contribution in [-0.2, 0) is 14.8 Å². The summed E-state index contributed by atoms with van der Waals surface area (Å²) < 4.78 is 29.0. The average molecular weight is 382 g/mol. The normalized spacial score (nSPS) is 11.3. The first-order chi connectivity index (χ1) is 11.8. The highest BCUT2D eigenvalue weighted by molar-refractivity contribution is 8.00. The first kappa shape index (κ1) is 19.3. The van der Waals surface area contributed by atoms with Gasteiger partial charge < -0.3 is 15.2 Å². The molecule has 0 saturated heterocycles. The van der Waals surface area contributed by atoms with Gasteiger partial charge >= 0.3 is 5.97 Å². The van der Waals surface area contributed by atoms with E-state index >= 15 is 0 Å². The molecule has 134 valence electrons. The van der Waals surface area contributed by atoms with Crippen molar-refractivity contribution in [3.8, 4) is 0 Å². The van der Waals surface area contributed by atoms with E-state index in [2.05, 4.69) is 5.32 Å². The van der Waals surface area contributed by atoms with Crippen LogP contribution in [0, 0.1) is 0 Å². The van der Waals surface area contributed by atoms with Crippen LogP contribution in [0.25, 0.3) is 0 Å². The second-order valence-corrected chi connectivity index (χ2v) is 7.65. The number of anilines is 1. The van der Waals surface area contributed by atoms with Gasteiger partial charge in [-0.1, -0.05) is 30.0 Å². The topological polar surface area (TPSA) is 119 Å². The molecule has 0 aliphatic heterocycles. The number of ether oxygens (including phenoxy) is 1. The molecule has 7 nitrogen and oxygen atoms in total. The number of nitrogens with two attached hydrogens (primary N) is 1. The van der Waals surface area contributed by atoms with Gasteiger partial charge in [0.2, 0.25) is 10.0 Å². The van der Waals surface area contributed by atoms with Gasteiger partial charge in [-0.05, 0) is 24.3 Å². The molecule has 9 heteroatoms. The zero-order valence-corrected chi connectivity index (χ0v) is 15.1. The minimum Gasteiger partial charge on any atom is -0.478 e. The lowest BCUT2D eigenvalue weighted by molar-refractivity contribution is 0.0696. The van der Waals surface area contributed by atoms with E-state index in [9.17, 15) is 18.3 Å². The second-order valence-electron chi connectivity index (χ2n) is 5.04. The summed E-state index contributed by atoms with van der Waals surface area (Å²) in [5.74, 6) is -1.24. The molecule has 25 heavy (non-hydrogen) atoms. The van der Waals surface area contributed by atoms with Crippen LogP contribution in [0.15, 0.2) is 57.2 Å². The average Bonchev–Trinajstić information content (AvgIpc) is 2.56. The van der Waals surface area contributed by atoms with Crippen LogP contribution in [0.3, 0.4) is 0 Å². The number of aromatic carboxylic acids is 1. The van der Waals surface area contributed by atoms with Gasteiger partial charge in [-0.25, -0.2) is 18.4 Å². The highest BCUT2D eigenvalue weighted by atomic mass is 32.2. The molecule has 0 amide bonds. The van der Waals surface area contributed by atoms with Gasteiger partial charge in [0.1, 0.15) is 0 Å². The molecule has 0 fully saturated rings. The standard InChI is InChI=1S/C16H18N2O5S2/c1-23-8-7-18-13-9-11(16(19)20)10-14(25(17,21)22)15(13)24-12-5-3-2-4-6-12/h2-6,9-10,18H,7-8H2,1H3,(H,19,20)(H2,17,21,22). The Hall–Kier alpha value is -2.07. The second kappa shape index (κ2) is 8.34.